The molecule has 0 saturated heterocycles. The van der Waals surface area contributed by atoms with E-state index in [-0.39, 0.29) is 0 Å². The molecular formula is C16H29N3S. The Hall–Kier alpha value is -0.610. The number of nitrogens with zero attached hydrogens (tertiary/aromatic N) is 2. The molecule has 114 valence electrons. The number of anilines is 1. The standard InChI is InChI=1S/C16H29N3S/c1-5-6-7-11-19(12(2)3)16-18-14-10-8-9-13(17-4)15(14)20-16/h12-13,17H,5-11H2,1-4H3. The second-order valence-electron chi connectivity index (χ2n) is 6.04. The third kappa shape index (κ3) is 3.53. The molecule has 0 saturated carbocycles. The van der Waals surface area contributed by atoms with Crippen molar-refractivity contribution < 1.29 is 0 Å². The van der Waals surface area contributed by atoms with Crippen LogP contribution >= 0.6 is 11.3 Å². The first-order chi connectivity index (χ1) is 9.67. The van der Waals surface area contributed by atoms with Crippen LogP contribution in [0.3, 0.4) is 0 Å². The lowest BCUT2D eigenvalue weighted by atomic mass is 9.98. The SMILES string of the molecule is CCCCCN(c1nc2c(s1)C(NC)CCC2)C(C)C. The maximum atomic E-state index is 4.95. The number of aromatic nitrogens is 1. The summed E-state index contributed by atoms with van der Waals surface area (Å²) in [5.41, 5.74) is 1.34. The molecule has 0 aliphatic heterocycles. The predicted molar refractivity (Wildman–Crippen MR) is 88.9 cm³/mol. The quantitative estimate of drug-likeness (QED) is 0.766. The molecule has 0 radical (unpaired) electrons. The van der Waals surface area contributed by atoms with Crippen LogP contribution < -0.4 is 10.2 Å². The average Bonchev–Trinajstić information content (AvgIpc) is 2.86. The molecule has 2 rings (SSSR count). The summed E-state index contributed by atoms with van der Waals surface area (Å²) in [5.74, 6) is 0. The van der Waals surface area contributed by atoms with Crippen LogP contribution in [0.4, 0.5) is 5.13 Å². The minimum absolute atomic E-state index is 0.523. The van der Waals surface area contributed by atoms with Gasteiger partial charge in [-0.15, -0.1) is 0 Å². The van der Waals surface area contributed by atoms with E-state index in [4.69, 9.17) is 4.98 Å². The minimum atomic E-state index is 0.523. The van der Waals surface area contributed by atoms with E-state index >= 15 is 0 Å². The van der Waals surface area contributed by atoms with Crippen molar-refractivity contribution in [2.75, 3.05) is 18.5 Å². The lowest BCUT2D eigenvalue weighted by Crippen LogP contribution is -2.31. The van der Waals surface area contributed by atoms with Crippen LogP contribution in [0.2, 0.25) is 0 Å². The lowest BCUT2D eigenvalue weighted by Gasteiger charge is -2.26. The molecule has 1 atom stereocenters. The Kier molecular flexibility index (Phi) is 5.85. The van der Waals surface area contributed by atoms with Crippen LogP contribution in [0.1, 0.15) is 69.5 Å². The van der Waals surface area contributed by atoms with Gasteiger partial charge in [-0.3, -0.25) is 0 Å². The summed E-state index contributed by atoms with van der Waals surface area (Å²) < 4.78 is 0. The summed E-state index contributed by atoms with van der Waals surface area (Å²) in [6, 6.07) is 1.06. The molecule has 1 aliphatic carbocycles. The third-order valence-electron chi connectivity index (χ3n) is 4.16. The molecule has 1 heterocycles. The van der Waals surface area contributed by atoms with Crippen molar-refractivity contribution in [2.45, 2.75) is 71.4 Å². The molecule has 20 heavy (non-hydrogen) atoms. The van der Waals surface area contributed by atoms with Gasteiger partial charge in [0.2, 0.25) is 0 Å². The van der Waals surface area contributed by atoms with Gasteiger partial charge in [-0.2, -0.15) is 0 Å². The summed E-state index contributed by atoms with van der Waals surface area (Å²) in [7, 11) is 2.07. The van der Waals surface area contributed by atoms with Gasteiger partial charge in [0, 0.05) is 23.5 Å². The Labute approximate surface area is 127 Å². The fourth-order valence-corrected chi connectivity index (χ4v) is 4.33. The van der Waals surface area contributed by atoms with Crippen molar-refractivity contribution >= 4 is 16.5 Å². The Morgan fingerprint density at radius 3 is 2.85 bits per heavy atom. The smallest absolute Gasteiger partial charge is 0.186 e. The molecule has 3 nitrogen and oxygen atoms in total. The highest BCUT2D eigenvalue weighted by Crippen LogP contribution is 2.37. The van der Waals surface area contributed by atoms with Gasteiger partial charge < -0.3 is 10.2 Å². The Balaban J connectivity index is 2.15. The van der Waals surface area contributed by atoms with E-state index in [1.165, 1.54) is 47.8 Å². The van der Waals surface area contributed by atoms with Gasteiger partial charge in [0.25, 0.3) is 0 Å². The molecule has 1 aliphatic rings. The summed E-state index contributed by atoms with van der Waals surface area (Å²) >= 11 is 1.91. The predicted octanol–water partition coefficient (Wildman–Crippen LogP) is 4.14. The first-order valence-corrected chi connectivity index (χ1v) is 8.92. The molecule has 1 aromatic heterocycles. The van der Waals surface area contributed by atoms with Gasteiger partial charge in [-0.25, -0.2) is 4.98 Å². The number of hydrogen-bond donors (Lipinski definition) is 1. The van der Waals surface area contributed by atoms with Gasteiger partial charge in [0.15, 0.2) is 5.13 Å². The van der Waals surface area contributed by atoms with E-state index in [2.05, 4.69) is 38.0 Å². The molecule has 1 N–H and O–H groups in total. The molecule has 0 amide bonds. The van der Waals surface area contributed by atoms with Crippen molar-refractivity contribution in [3.05, 3.63) is 10.6 Å². The summed E-state index contributed by atoms with van der Waals surface area (Å²) in [4.78, 5) is 8.93. The number of thiazole rings is 1. The van der Waals surface area contributed by atoms with Gasteiger partial charge in [-0.05, 0) is 46.6 Å². The molecule has 1 unspecified atom stereocenters. The van der Waals surface area contributed by atoms with Crippen LogP contribution in [0.25, 0.3) is 0 Å². The molecular weight excluding hydrogens is 266 g/mol. The fraction of sp³-hybridized carbons (Fsp3) is 0.812. The van der Waals surface area contributed by atoms with Crippen molar-refractivity contribution in [2.24, 2.45) is 0 Å². The number of unbranched alkanes of at least 4 members (excludes halogenated alkanes) is 2. The summed E-state index contributed by atoms with van der Waals surface area (Å²) in [6.45, 7) is 7.96. The Bertz CT molecular complexity index is 414. The highest BCUT2D eigenvalue weighted by atomic mass is 32.1. The number of aryl methyl sites for hydroxylation is 1. The minimum Gasteiger partial charge on any atom is -0.346 e. The van der Waals surface area contributed by atoms with Gasteiger partial charge >= 0.3 is 0 Å². The molecule has 4 heteroatoms. The van der Waals surface area contributed by atoms with Gasteiger partial charge in [0.1, 0.15) is 0 Å². The van der Waals surface area contributed by atoms with Crippen molar-refractivity contribution in [3.63, 3.8) is 0 Å². The Morgan fingerprint density at radius 1 is 1.40 bits per heavy atom. The van der Waals surface area contributed by atoms with E-state index in [9.17, 15) is 0 Å². The highest BCUT2D eigenvalue weighted by Gasteiger charge is 2.25. The average molecular weight is 295 g/mol. The monoisotopic (exact) mass is 295 g/mol. The van der Waals surface area contributed by atoms with Crippen LogP contribution in [-0.2, 0) is 6.42 Å². The molecule has 0 fully saturated rings. The first-order valence-electron chi connectivity index (χ1n) is 8.10. The van der Waals surface area contributed by atoms with Crippen LogP contribution in [0, 0.1) is 0 Å². The lowest BCUT2D eigenvalue weighted by molar-refractivity contribution is 0.501. The zero-order valence-corrected chi connectivity index (χ0v) is 14.2. The van der Waals surface area contributed by atoms with Gasteiger partial charge in [-0.1, -0.05) is 31.1 Å². The largest absolute Gasteiger partial charge is 0.346 e. The number of nitrogens with one attached hydrogen (secondary N) is 1. The highest BCUT2D eigenvalue weighted by molar-refractivity contribution is 7.15. The zero-order valence-electron chi connectivity index (χ0n) is 13.4. The van der Waals surface area contributed by atoms with E-state index in [1.807, 2.05) is 11.3 Å². The second kappa shape index (κ2) is 7.41. The van der Waals surface area contributed by atoms with Crippen molar-refractivity contribution in [1.82, 2.24) is 10.3 Å². The second-order valence-corrected chi connectivity index (χ2v) is 7.04. The zero-order chi connectivity index (χ0) is 14.5. The fourth-order valence-electron chi connectivity index (χ4n) is 2.91. The maximum Gasteiger partial charge on any atom is 0.186 e. The van der Waals surface area contributed by atoms with Crippen LogP contribution in [0.5, 0.6) is 0 Å². The van der Waals surface area contributed by atoms with Crippen LogP contribution in [0.15, 0.2) is 0 Å². The summed E-state index contributed by atoms with van der Waals surface area (Å²) in [6.07, 6.45) is 7.54. The molecule has 0 spiro atoms. The normalized spacial score (nSPS) is 18.4. The van der Waals surface area contributed by atoms with E-state index in [0.717, 1.165) is 13.0 Å². The third-order valence-corrected chi connectivity index (χ3v) is 5.41. The first kappa shape index (κ1) is 15.8. The topological polar surface area (TPSA) is 28.2 Å². The van der Waals surface area contributed by atoms with Crippen molar-refractivity contribution in [3.8, 4) is 0 Å². The van der Waals surface area contributed by atoms with Crippen LogP contribution in [-0.4, -0.2) is 24.6 Å². The van der Waals surface area contributed by atoms with E-state index in [0.29, 0.717) is 12.1 Å². The molecule has 1 aromatic rings. The van der Waals surface area contributed by atoms with E-state index in [1.54, 1.807) is 0 Å². The Morgan fingerprint density at radius 2 is 2.20 bits per heavy atom. The maximum absolute atomic E-state index is 4.95. The molecule has 0 aromatic carbocycles. The number of rotatable bonds is 7. The van der Waals surface area contributed by atoms with Crippen molar-refractivity contribution in [1.29, 1.82) is 0 Å². The summed E-state index contributed by atoms with van der Waals surface area (Å²) in [5, 5.41) is 4.68. The number of hydrogen-bond acceptors (Lipinski definition) is 4. The number of fused-ring (bicyclic) bond motifs is 1. The van der Waals surface area contributed by atoms with Gasteiger partial charge in [0.05, 0.1) is 5.69 Å². The molecule has 0 bridgehead atoms. The van der Waals surface area contributed by atoms with E-state index < -0.39 is 0 Å².